The standard InChI is InChI=1S/C10H12N2O/c1-7-11-9-6-4-3-5-8(9)10(13)12(7)2/h3-7,11H,1-2H3/t7-/m1/s1. The van der Waals surface area contributed by atoms with Crippen LogP contribution < -0.4 is 5.32 Å². The number of carbonyl (C=O) groups is 1. The fourth-order valence-electron chi connectivity index (χ4n) is 1.48. The lowest BCUT2D eigenvalue weighted by Crippen LogP contribution is -2.44. The van der Waals surface area contributed by atoms with E-state index in [1.807, 2.05) is 31.2 Å². The van der Waals surface area contributed by atoms with Crippen LogP contribution in [0.5, 0.6) is 0 Å². The Balaban J connectivity index is 2.49. The van der Waals surface area contributed by atoms with Crippen molar-refractivity contribution in [3.63, 3.8) is 0 Å². The smallest absolute Gasteiger partial charge is 0.257 e. The minimum atomic E-state index is 0.0717. The number of para-hydroxylation sites is 1. The van der Waals surface area contributed by atoms with Crippen molar-refractivity contribution in [2.75, 3.05) is 12.4 Å². The molecule has 1 aliphatic heterocycles. The minimum absolute atomic E-state index is 0.0717. The number of carbonyl (C=O) groups excluding carboxylic acids is 1. The van der Waals surface area contributed by atoms with E-state index in [1.165, 1.54) is 0 Å². The van der Waals surface area contributed by atoms with Crippen molar-refractivity contribution in [1.82, 2.24) is 4.90 Å². The van der Waals surface area contributed by atoms with Gasteiger partial charge in [-0.15, -0.1) is 0 Å². The van der Waals surface area contributed by atoms with Crippen LogP contribution in [0.4, 0.5) is 5.69 Å². The summed E-state index contributed by atoms with van der Waals surface area (Å²) in [5.74, 6) is 0.0850. The highest BCUT2D eigenvalue weighted by molar-refractivity contribution is 6.01. The molecule has 2 rings (SSSR count). The third kappa shape index (κ3) is 1.16. The maximum atomic E-state index is 11.7. The van der Waals surface area contributed by atoms with Gasteiger partial charge in [0.25, 0.3) is 5.91 Å². The molecule has 0 aliphatic carbocycles. The van der Waals surface area contributed by atoms with Gasteiger partial charge in [0.15, 0.2) is 0 Å². The molecule has 3 nitrogen and oxygen atoms in total. The topological polar surface area (TPSA) is 32.3 Å². The molecule has 0 saturated carbocycles. The summed E-state index contributed by atoms with van der Waals surface area (Å²) in [6, 6.07) is 7.57. The highest BCUT2D eigenvalue weighted by atomic mass is 16.2. The van der Waals surface area contributed by atoms with Crippen LogP contribution >= 0.6 is 0 Å². The molecule has 1 N–H and O–H groups in total. The summed E-state index contributed by atoms with van der Waals surface area (Å²) in [6.07, 6.45) is 0.0717. The molecule has 13 heavy (non-hydrogen) atoms. The second-order valence-corrected chi connectivity index (χ2v) is 3.28. The van der Waals surface area contributed by atoms with E-state index in [9.17, 15) is 4.79 Å². The van der Waals surface area contributed by atoms with Crippen molar-refractivity contribution < 1.29 is 4.79 Å². The Bertz CT molecular complexity index is 349. The summed E-state index contributed by atoms with van der Waals surface area (Å²) in [6.45, 7) is 1.97. The predicted molar refractivity (Wildman–Crippen MR) is 51.6 cm³/mol. The molecule has 0 spiro atoms. The van der Waals surface area contributed by atoms with Crippen molar-refractivity contribution in [2.45, 2.75) is 13.1 Å². The lowest BCUT2D eigenvalue weighted by atomic mass is 10.1. The number of nitrogens with zero attached hydrogens (tertiary/aromatic N) is 1. The van der Waals surface area contributed by atoms with Crippen molar-refractivity contribution in [3.8, 4) is 0 Å². The van der Waals surface area contributed by atoms with Crippen LogP contribution in [0, 0.1) is 0 Å². The van der Waals surface area contributed by atoms with Gasteiger partial charge in [-0.1, -0.05) is 12.1 Å². The fraction of sp³-hybridized carbons (Fsp3) is 0.300. The Morgan fingerprint density at radius 1 is 1.38 bits per heavy atom. The Morgan fingerprint density at radius 3 is 2.85 bits per heavy atom. The normalized spacial score (nSPS) is 20.9. The zero-order valence-electron chi connectivity index (χ0n) is 7.74. The first-order valence-electron chi connectivity index (χ1n) is 4.33. The van der Waals surface area contributed by atoms with Crippen LogP contribution in [0.2, 0.25) is 0 Å². The zero-order chi connectivity index (χ0) is 9.42. The Kier molecular flexibility index (Phi) is 1.72. The highest BCUT2D eigenvalue weighted by Gasteiger charge is 2.25. The summed E-state index contributed by atoms with van der Waals surface area (Å²) < 4.78 is 0. The number of hydrogen-bond acceptors (Lipinski definition) is 2. The molecule has 1 aromatic rings. The first-order valence-corrected chi connectivity index (χ1v) is 4.33. The van der Waals surface area contributed by atoms with Gasteiger partial charge < -0.3 is 10.2 Å². The first kappa shape index (κ1) is 8.10. The molecule has 0 fully saturated rings. The molecular weight excluding hydrogens is 164 g/mol. The van der Waals surface area contributed by atoms with Gasteiger partial charge in [-0.2, -0.15) is 0 Å². The van der Waals surface area contributed by atoms with Gasteiger partial charge in [-0.25, -0.2) is 0 Å². The second kappa shape index (κ2) is 2.76. The SMILES string of the molecule is C[C@@H]1Nc2ccccc2C(=O)N1C. The molecule has 1 atom stereocenters. The molecule has 68 valence electrons. The van der Waals surface area contributed by atoms with Gasteiger partial charge in [0.1, 0.15) is 0 Å². The number of amides is 1. The lowest BCUT2D eigenvalue weighted by Gasteiger charge is -2.32. The van der Waals surface area contributed by atoms with E-state index in [0.29, 0.717) is 0 Å². The van der Waals surface area contributed by atoms with E-state index in [-0.39, 0.29) is 12.1 Å². The van der Waals surface area contributed by atoms with Gasteiger partial charge in [0, 0.05) is 12.7 Å². The number of fused-ring (bicyclic) bond motifs is 1. The molecule has 1 amide bonds. The van der Waals surface area contributed by atoms with Crippen molar-refractivity contribution in [1.29, 1.82) is 0 Å². The first-order chi connectivity index (χ1) is 6.20. The maximum absolute atomic E-state index is 11.7. The number of nitrogens with one attached hydrogen (secondary N) is 1. The van der Waals surface area contributed by atoms with Crippen molar-refractivity contribution in [2.24, 2.45) is 0 Å². The molecule has 0 saturated heterocycles. The van der Waals surface area contributed by atoms with Crippen LogP contribution in [0.1, 0.15) is 17.3 Å². The Labute approximate surface area is 77.4 Å². The van der Waals surface area contributed by atoms with E-state index in [1.54, 1.807) is 11.9 Å². The molecule has 1 aliphatic rings. The van der Waals surface area contributed by atoms with Crippen LogP contribution in [0.3, 0.4) is 0 Å². The maximum Gasteiger partial charge on any atom is 0.257 e. The van der Waals surface area contributed by atoms with Crippen molar-refractivity contribution in [3.05, 3.63) is 29.8 Å². The third-order valence-corrected chi connectivity index (χ3v) is 2.42. The van der Waals surface area contributed by atoms with E-state index < -0.39 is 0 Å². The Hall–Kier alpha value is -1.51. The molecular formula is C10H12N2O. The summed E-state index contributed by atoms with van der Waals surface area (Å²) in [5, 5.41) is 3.25. The van der Waals surface area contributed by atoms with Crippen LogP contribution in [0.25, 0.3) is 0 Å². The predicted octanol–water partition coefficient (Wildman–Crippen LogP) is 1.53. The minimum Gasteiger partial charge on any atom is -0.365 e. The highest BCUT2D eigenvalue weighted by Crippen LogP contribution is 2.23. The average Bonchev–Trinajstić information content (AvgIpc) is 2.15. The largest absolute Gasteiger partial charge is 0.365 e. The summed E-state index contributed by atoms with van der Waals surface area (Å²) in [5.41, 5.74) is 1.68. The van der Waals surface area contributed by atoms with E-state index in [2.05, 4.69) is 5.32 Å². The number of anilines is 1. The number of benzene rings is 1. The van der Waals surface area contributed by atoms with Gasteiger partial charge in [-0.3, -0.25) is 4.79 Å². The average molecular weight is 176 g/mol. The van der Waals surface area contributed by atoms with E-state index >= 15 is 0 Å². The molecule has 0 bridgehead atoms. The monoisotopic (exact) mass is 176 g/mol. The van der Waals surface area contributed by atoms with Crippen LogP contribution in [-0.4, -0.2) is 24.0 Å². The molecule has 0 aromatic heterocycles. The third-order valence-electron chi connectivity index (χ3n) is 2.42. The quantitative estimate of drug-likeness (QED) is 0.650. The van der Waals surface area contributed by atoms with E-state index in [4.69, 9.17) is 0 Å². The summed E-state index contributed by atoms with van der Waals surface area (Å²) in [7, 11) is 1.80. The van der Waals surface area contributed by atoms with Crippen molar-refractivity contribution >= 4 is 11.6 Å². The molecule has 0 unspecified atom stereocenters. The Morgan fingerprint density at radius 2 is 2.08 bits per heavy atom. The second-order valence-electron chi connectivity index (χ2n) is 3.28. The lowest BCUT2D eigenvalue weighted by molar-refractivity contribution is 0.0748. The fourth-order valence-corrected chi connectivity index (χ4v) is 1.48. The molecule has 3 heteroatoms. The van der Waals surface area contributed by atoms with Gasteiger partial charge >= 0.3 is 0 Å². The molecule has 1 heterocycles. The van der Waals surface area contributed by atoms with Crippen LogP contribution in [-0.2, 0) is 0 Å². The number of rotatable bonds is 0. The van der Waals surface area contributed by atoms with Gasteiger partial charge in [-0.05, 0) is 19.1 Å². The number of hydrogen-bond donors (Lipinski definition) is 1. The zero-order valence-corrected chi connectivity index (χ0v) is 7.74. The van der Waals surface area contributed by atoms with E-state index in [0.717, 1.165) is 11.3 Å². The summed E-state index contributed by atoms with van der Waals surface area (Å²) in [4.78, 5) is 13.4. The molecule has 1 aromatic carbocycles. The molecule has 0 radical (unpaired) electrons. The summed E-state index contributed by atoms with van der Waals surface area (Å²) >= 11 is 0. The van der Waals surface area contributed by atoms with Gasteiger partial charge in [0.2, 0.25) is 0 Å². The van der Waals surface area contributed by atoms with Gasteiger partial charge in [0.05, 0.1) is 11.7 Å². The van der Waals surface area contributed by atoms with Crippen LogP contribution in [0.15, 0.2) is 24.3 Å².